The number of benzene rings is 3. The highest BCUT2D eigenvalue weighted by Crippen LogP contribution is 2.48. The van der Waals surface area contributed by atoms with E-state index in [1.165, 1.54) is 45.6 Å². The number of aliphatic hydroxyl groups is 1. The molecule has 1 fully saturated rings. The van der Waals surface area contributed by atoms with Crippen molar-refractivity contribution < 1.29 is 38.4 Å². The molecule has 0 aliphatic carbocycles. The number of aliphatic hydroxyl groups excluding tert-OH is 1. The number of methoxy groups -OCH3 is 3. The van der Waals surface area contributed by atoms with Gasteiger partial charge in [-0.1, -0.05) is 12.1 Å². The first-order valence-corrected chi connectivity index (χ1v) is 10.5. The molecule has 4 rings (SSSR count). The van der Waals surface area contributed by atoms with Gasteiger partial charge in [0.15, 0.2) is 11.5 Å². The van der Waals surface area contributed by atoms with Crippen LogP contribution in [0.15, 0.2) is 66.2 Å². The number of aromatic hydroxyl groups is 1. The van der Waals surface area contributed by atoms with E-state index in [-0.39, 0.29) is 39.8 Å². The molecule has 1 unspecified atom stereocenters. The minimum atomic E-state index is -1.18. The third-order valence-electron chi connectivity index (χ3n) is 5.71. The summed E-state index contributed by atoms with van der Waals surface area (Å²) >= 11 is 0. The SMILES string of the molecule is COc1cc(C2/C(=C(\O)c3ccc(F)cc3)C(=O)C(=O)N2c2ccccc2O)cc(OC)c1OC. The number of ether oxygens (including phenoxy) is 3. The Balaban J connectivity index is 2.03. The Morgan fingerprint density at radius 1 is 0.914 bits per heavy atom. The average molecular weight is 479 g/mol. The van der Waals surface area contributed by atoms with Crippen molar-refractivity contribution in [3.8, 4) is 23.0 Å². The maximum Gasteiger partial charge on any atom is 0.300 e. The van der Waals surface area contributed by atoms with Gasteiger partial charge in [0.2, 0.25) is 5.75 Å². The van der Waals surface area contributed by atoms with Gasteiger partial charge in [-0.15, -0.1) is 0 Å². The van der Waals surface area contributed by atoms with Gasteiger partial charge in [0, 0.05) is 5.56 Å². The fraction of sp³-hybridized carbons (Fsp3) is 0.154. The Morgan fingerprint density at radius 3 is 2.06 bits per heavy atom. The predicted octanol–water partition coefficient (Wildman–Crippen LogP) is 4.18. The third kappa shape index (κ3) is 4.01. The number of rotatable bonds is 6. The molecule has 1 amide bonds. The van der Waals surface area contributed by atoms with E-state index < -0.39 is 29.3 Å². The molecule has 0 saturated carbocycles. The highest BCUT2D eigenvalue weighted by molar-refractivity contribution is 6.51. The fourth-order valence-electron chi connectivity index (χ4n) is 4.09. The van der Waals surface area contributed by atoms with Gasteiger partial charge in [-0.25, -0.2) is 4.39 Å². The van der Waals surface area contributed by atoms with Crippen molar-refractivity contribution in [2.45, 2.75) is 6.04 Å². The van der Waals surface area contributed by atoms with Gasteiger partial charge in [-0.3, -0.25) is 14.5 Å². The van der Waals surface area contributed by atoms with Crippen LogP contribution in [0.5, 0.6) is 23.0 Å². The Labute approximate surface area is 200 Å². The molecule has 0 radical (unpaired) electrons. The topological polar surface area (TPSA) is 106 Å². The van der Waals surface area contributed by atoms with Gasteiger partial charge in [0.25, 0.3) is 11.7 Å². The summed E-state index contributed by atoms with van der Waals surface area (Å²) in [5.74, 6) is -2.41. The zero-order chi connectivity index (χ0) is 25.3. The summed E-state index contributed by atoms with van der Waals surface area (Å²) in [6, 6.07) is 12.8. The number of anilines is 1. The number of hydrogen-bond donors (Lipinski definition) is 2. The van der Waals surface area contributed by atoms with Crippen LogP contribution >= 0.6 is 0 Å². The molecular weight excluding hydrogens is 457 g/mol. The standard InChI is InChI=1S/C26H22FNO7/c1-33-19-12-15(13-20(34-2)25(19)35-3)22-21(23(30)14-8-10-16(27)11-9-14)24(31)26(32)28(22)17-6-4-5-7-18(17)29/h4-13,22,29-30H,1-3H3/b23-21+. The fourth-order valence-corrected chi connectivity index (χ4v) is 4.09. The Bertz CT molecular complexity index is 1310. The molecule has 1 saturated heterocycles. The van der Waals surface area contributed by atoms with E-state index in [0.29, 0.717) is 5.56 Å². The van der Waals surface area contributed by atoms with Crippen LogP contribution in [0, 0.1) is 5.82 Å². The molecule has 3 aromatic carbocycles. The van der Waals surface area contributed by atoms with Crippen LogP contribution in [0.2, 0.25) is 0 Å². The summed E-state index contributed by atoms with van der Waals surface area (Å²) in [4.78, 5) is 27.6. The van der Waals surface area contributed by atoms with Crippen LogP contribution in [-0.4, -0.2) is 43.2 Å². The Kier molecular flexibility index (Phi) is 6.33. The van der Waals surface area contributed by atoms with E-state index in [1.807, 2.05) is 0 Å². The quantitative estimate of drug-likeness (QED) is 0.310. The smallest absolute Gasteiger partial charge is 0.300 e. The lowest BCUT2D eigenvalue weighted by atomic mass is 9.94. The summed E-state index contributed by atoms with van der Waals surface area (Å²) < 4.78 is 29.7. The van der Waals surface area contributed by atoms with E-state index in [1.54, 1.807) is 24.3 Å². The van der Waals surface area contributed by atoms with Crippen molar-refractivity contribution in [1.82, 2.24) is 0 Å². The number of phenolic OH excluding ortho intramolecular Hbond substituents is 1. The molecule has 0 spiro atoms. The van der Waals surface area contributed by atoms with Crippen molar-refractivity contribution in [2.75, 3.05) is 26.2 Å². The summed E-state index contributed by atoms with van der Waals surface area (Å²) in [5.41, 5.74) is 0.287. The number of para-hydroxylation sites is 2. The molecule has 180 valence electrons. The molecule has 9 heteroatoms. The first-order chi connectivity index (χ1) is 16.8. The van der Waals surface area contributed by atoms with Crippen molar-refractivity contribution in [3.05, 3.63) is 83.2 Å². The van der Waals surface area contributed by atoms with Gasteiger partial charge < -0.3 is 24.4 Å². The minimum absolute atomic E-state index is 0.0616. The summed E-state index contributed by atoms with van der Waals surface area (Å²) in [5, 5.41) is 21.6. The monoisotopic (exact) mass is 479 g/mol. The van der Waals surface area contributed by atoms with E-state index in [0.717, 1.165) is 17.0 Å². The molecule has 1 atom stereocenters. The van der Waals surface area contributed by atoms with Crippen molar-refractivity contribution in [1.29, 1.82) is 0 Å². The lowest BCUT2D eigenvalue weighted by Crippen LogP contribution is -2.29. The molecular formula is C26H22FNO7. The minimum Gasteiger partial charge on any atom is -0.507 e. The zero-order valence-corrected chi connectivity index (χ0v) is 19.1. The number of phenols is 1. The van der Waals surface area contributed by atoms with Gasteiger partial charge in [0.1, 0.15) is 17.3 Å². The number of amides is 1. The lowest BCUT2D eigenvalue weighted by Gasteiger charge is -2.27. The maximum absolute atomic E-state index is 13.5. The summed E-state index contributed by atoms with van der Waals surface area (Å²) in [7, 11) is 4.27. The van der Waals surface area contributed by atoms with Crippen LogP contribution in [0.25, 0.3) is 5.76 Å². The number of nitrogens with zero attached hydrogens (tertiary/aromatic N) is 1. The molecule has 1 aliphatic rings. The van der Waals surface area contributed by atoms with Crippen molar-refractivity contribution >= 4 is 23.1 Å². The van der Waals surface area contributed by atoms with Crippen LogP contribution in [0.4, 0.5) is 10.1 Å². The van der Waals surface area contributed by atoms with Crippen LogP contribution in [0.3, 0.4) is 0 Å². The highest BCUT2D eigenvalue weighted by Gasteiger charge is 2.48. The number of ketones is 1. The molecule has 0 aromatic heterocycles. The number of halogens is 1. The van der Waals surface area contributed by atoms with E-state index in [2.05, 4.69) is 0 Å². The summed E-state index contributed by atoms with van der Waals surface area (Å²) in [6.45, 7) is 0. The predicted molar refractivity (Wildman–Crippen MR) is 125 cm³/mol. The Hall–Kier alpha value is -4.53. The first-order valence-electron chi connectivity index (χ1n) is 10.5. The normalized spacial score (nSPS) is 16.9. The number of Topliss-reactive ketones (excluding diaryl/α,β-unsaturated/α-hetero) is 1. The van der Waals surface area contributed by atoms with E-state index in [4.69, 9.17) is 14.2 Å². The second-order valence-corrected chi connectivity index (χ2v) is 7.62. The maximum atomic E-state index is 13.5. The average Bonchev–Trinajstić information content (AvgIpc) is 3.13. The molecule has 8 nitrogen and oxygen atoms in total. The molecule has 3 aromatic rings. The van der Waals surface area contributed by atoms with E-state index >= 15 is 0 Å². The van der Waals surface area contributed by atoms with Crippen LogP contribution < -0.4 is 19.1 Å². The molecule has 35 heavy (non-hydrogen) atoms. The third-order valence-corrected chi connectivity index (χ3v) is 5.71. The second kappa shape index (κ2) is 9.38. The molecule has 1 heterocycles. The van der Waals surface area contributed by atoms with Gasteiger partial charge >= 0.3 is 0 Å². The molecule has 0 bridgehead atoms. The molecule has 2 N–H and O–H groups in total. The highest BCUT2D eigenvalue weighted by atomic mass is 19.1. The largest absolute Gasteiger partial charge is 0.507 e. The Morgan fingerprint density at radius 2 is 1.51 bits per heavy atom. The number of carbonyl (C=O) groups excluding carboxylic acids is 2. The molecule has 1 aliphatic heterocycles. The van der Waals surface area contributed by atoms with Crippen LogP contribution in [0.1, 0.15) is 17.2 Å². The van der Waals surface area contributed by atoms with Gasteiger partial charge in [-0.05, 0) is 54.1 Å². The number of carbonyl (C=O) groups is 2. The lowest BCUT2D eigenvalue weighted by molar-refractivity contribution is -0.132. The van der Waals surface area contributed by atoms with Gasteiger partial charge in [-0.2, -0.15) is 0 Å². The summed E-state index contributed by atoms with van der Waals surface area (Å²) in [6.07, 6.45) is 0. The van der Waals surface area contributed by atoms with Crippen molar-refractivity contribution in [2.24, 2.45) is 0 Å². The van der Waals surface area contributed by atoms with Crippen LogP contribution in [-0.2, 0) is 9.59 Å². The first kappa shape index (κ1) is 23.6. The van der Waals surface area contributed by atoms with E-state index in [9.17, 15) is 24.2 Å². The van der Waals surface area contributed by atoms with Gasteiger partial charge in [0.05, 0.1) is 38.6 Å². The number of hydrogen-bond acceptors (Lipinski definition) is 7. The van der Waals surface area contributed by atoms with Crippen molar-refractivity contribution in [3.63, 3.8) is 0 Å². The second-order valence-electron chi connectivity index (χ2n) is 7.62. The zero-order valence-electron chi connectivity index (χ0n) is 19.1.